The molecule has 3 heteroatoms. The lowest BCUT2D eigenvalue weighted by Crippen LogP contribution is -2.34. The van der Waals surface area contributed by atoms with Crippen LogP contribution in [0, 0.1) is 0 Å². The molecule has 0 fully saturated rings. The molecule has 0 spiro atoms. The number of nitrogens with zero attached hydrogens (tertiary/aromatic N) is 2. The summed E-state index contributed by atoms with van der Waals surface area (Å²) in [6, 6.07) is 30.0. The standard InChI is InChI=1S/C27H23N2S/c1-28-25-15-7-8-16-26(25)30-27(28)17-9-12-22-18-19-29(20-21-10-3-2-4-11-21)24-14-6-5-13-23(22)24/h2-19H,20H2,1H3/q+1. The quantitative estimate of drug-likeness (QED) is 0.368. The van der Waals surface area contributed by atoms with Crippen molar-refractivity contribution in [2.24, 2.45) is 0 Å². The van der Waals surface area contributed by atoms with E-state index in [1.807, 2.05) is 11.8 Å². The van der Waals surface area contributed by atoms with Crippen LogP contribution in [-0.2, 0) is 6.54 Å². The molecule has 146 valence electrons. The van der Waals surface area contributed by atoms with Crippen molar-refractivity contribution in [1.29, 1.82) is 0 Å². The number of fused-ring (bicyclic) bond motifs is 2. The second-order valence-electron chi connectivity index (χ2n) is 7.39. The fourth-order valence-corrected chi connectivity index (χ4v) is 4.94. The summed E-state index contributed by atoms with van der Waals surface area (Å²) in [6.07, 6.45) is 8.76. The van der Waals surface area contributed by atoms with E-state index in [9.17, 15) is 0 Å². The van der Waals surface area contributed by atoms with Crippen molar-refractivity contribution < 1.29 is 4.57 Å². The van der Waals surface area contributed by atoms with Crippen molar-refractivity contribution in [3.05, 3.63) is 119 Å². The van der Waals surface area contributed by atoms with Crippen molar-refractivity contribution in [3.8, 4) is 0 Å². The highest BCUT2D eigenvalue weighted by atomic mass is 32.2. The highest BCUT2D eigenvalue weighted by molar-refractivity contribution is 8.03. The summed E-state index contributed by atoms with van der Waals surface area (Å²) in [5.74, 6) is 0. The number of benzene rings is 3. The van der Waals surface area contributed by atoms with E-state index in [2.05, 4.69) is 126 Å². The van der Waals surface area contributed by atoms with E-state index in [0.29, 0.717) is 0 Å². The van der Waals surface area contributed by atoms with Crippen LogP contribution >= 0.6 is 11.8 Å². The van der Waals surface area contributed by atoms with Crippen LogP contribution in [-0.4, -0.2) is 7.05 Å². The molecule has 0 saturated carbocycles. The number of aromatic nitrogens is 1. The first-order chi connectivity index (χ1) is 14.8. The highest BCUT2D eigenvalue weighted by Gasteiger charge is 2.20. The Morgan fingerprint density at radius 3 is 2.50 bits per heavy atom. The molecule has 2 nitrogen and oxygen atoms in total. The zero-order valence-electron chi connectivity index (χ0n) is 16.9. The van der Waals surface area contributed by atoms with Crippen LogP contribution in [0.1, 0.15) is 11.1 Å². The van der Waals surface area contributed by atoms with Gasteiger partial charge in [-0.3, -0.25) is 0 Å². The van der Waals surface area contributed by atoms with Crippen LogP contribution in [0.5, 0.6) is 0 Å². The third-order valence-electron chi connectivity index (χ3n) is 5.44. The van der Waals surface area contributed by atoms with E-state index >= 15 is 0 Å². The van der Waals surface area contributed by atoms with Gasteiger partial charge in [0.05, 0.1) is 16.1 Å². The Balaban J connectivity index is 1.44. The van der Waals surface area contributed by atoms with Crippen LogP contribution < -0.4 is 9.47 Å². The Kier molecular flexibility index (Phi) is 5.12. The fourth-order valence-electron chi connectivity index (χ4n) is 3.87. The Bertz CT molecular complexity index is 1260. The first-order valence-electron chi connectivity index (χ1n) is 10.1. The lowest BCUT2D eigenvalue weighted by atomic mass is 10.1. The van der Waals surface area contributed by atoms with Crippen LogP contribution in [0.15, 0.2) is 113 Å². The zero-order chi connectivity index (χ0) is 20.3. The number of anilines is 1. The molecule has 0 amide bonds. The molecule has 1 aromatic heterocycles. The summed E-state index contributed by atoms with van der Waals surface area (Å²) >= 11 is 1.82. The molecule has 1 aliphatic rings. The SMILES string of the molecule is CN1C(=CC=Cc2cc[n+](Cc3ccccc3)c3ccccc23)Sc2ccccc21. The number of hydrogen-bond acceptors (Lipinski definition) is 2. The molecule has 3 aromatic carbocycles. The van der Waals surface area contributed by atoms with Gasteiger partial charge in [-0.25, -0.2) is 0 Å². The van der Waals surface area contributed by atoms with Gasteiger partial charge >= 0.3 is 0 Å². The van der Waals surface area contributed by atoms with Gasteiger partial charge in [-0.15, -0.1) is 0 Å². The lowest BCUT2D eigenvalue weighted by molar-refractivity contribution is -0.662. The maximum Gasteiger partial charge on any atom is 0.213 e. The normalized spacial score (nSPS) is 14.7. The number of allylic oxidation sites excluding steroid dienone is 2. The smallest absolute Gasteiger partial charge is 0.213 e. The van der Waals surface area contributed by atoms with E-state index in [0.717, 1.165) is 6.54 Å². The Morgan fingerprint density at radius 1 is 0.867 bits per heavy atom. The number of rotatable bonds is 4. The Labute approximate surface area is 181 Å². The van der Waals surface area contributed by atoms with Crippen LogP contribution in [0.4, 0.5) is 5.69 Å². The summed E-state index contributed by atoms with van der Waals surface area (Å²) in [4.78, 5) is 3.56. The monoisotopic (exact) mass is 407 g/mol. The second-order valence-corrected chi connectivity index (χ2v) is 8.46. The van der Waals surface area contributed by atoms with E-state index < -0.39 is 0 Å². The summed E-state index contributed by atoms with van der Waals surface area (Å²) < 4.78 is 2.32. The highest BCUT2D eigenvalue weighted by Crippen LogP contribution is 2.44. The molecule has 1 aliphatic heterocycles. The van der Waals surface area contributed by atoms with Gasteiger partial charge in [0.15, 0.2) is 12.7 Å². The third kappa shape index (κ3) is 3.64. The van der Waals surface area contributed by atoms with Crippen molar-refractivity contribution in [2.75, 3.05) is 11.9 Å². The predicted molar refractivity (Wildman–Crippen MR) is 128 cm³/mol. The van der Waals surface area contributed by atoms with Gasteiger partial charge in [-0.1, -0.05) is 78.5 Å². The van der Waals surface area contributed by atoms with Gasteiger partial charge in [0.25, 0.3) is 0 Å². The molecule has 0 radical (unpaired) electrons. The summed E-state index contributed by atoms with van der Waals surface area (Å²) in [5, 5.41) is 2.51. The minimum atomic E-state index is 0.870. The van der Waals surface area contributed by atoms with Crippen LogP contribution in [0.3, 0.4) is 0 Å². The Hall–Kier alpha value is -3.30. The minimum Gasteiger partial charge on any atom is -0.338 e. The molecule has 4 aromatic rings. The summed E-state index contributed by atoms with van der Waals surface area (Å²) in [6.45, 7) is 0.870. The van der Waals surface area contributed by atoms with E-state index in [1.54, 1.807) is 0 Å². The predicted octanol–water partition coefficient (Wildman–Crippen LogP) is 6.27. The molecule has 0 unspecified atom stereocenters. The summed E-state index contributed by atoms with van der Waals surface area (Å²) in [5.41, 5.74) is 5.06. The molecular weight excluding hydrogens is 384 g/mol. The van der Waals surface area contributed by atoms with Gasteiger partial charge in [0.2, 0.25) is 5.52 Å². The first-order valence-corrected chi connectivity index (χ1v) is 11.0. The molecule has 0 aliphatic carbocycles. The average molecular weight is 408 g/mol. The van der Waals surface area contributed by atoms with Crippen molar-refractivity contribution >= 4 is 34.4 Å². The average Bonchev–Trinajstić information content (AvgIpc) is 3.11. The first kappa shape index (κ1) is 18.7. The van der Waals surface area contributed by atoms with Gasteiger partial charge in [0, 0.05) is 29.6 Å². The van der Waals surface area contributed by atoms with Gasteiger partial charge in [0.1, 0.15) is 0 Å². The third-order valence-corrected chi connectivity index (χ3v) is 6.62. The van der Waals surface area contributed by atoms with Crippen molar-refractivity contribution in [1.82, 2.24) is 0 Å². The van der Waals surface area contributed by atoms with E-state index in [4.69, 9.17) is 0 Å². The van der Waals surface area contributed by atoms with E-state index in [-0.39, 0.29) is 0 Å². The molecule has 0 atom stereocenters. The van der Waals surface area contributed by atoms with Gasteiger partial charge in [-0.2, -0.15) is 4.57 Å². The number of thioether (sulfide) groups is 1. The number of hydrogen-bond donors (Lipinski definition) is 0. The minimum absolute atomic E-state index is 0.870. The molecule has 30 heavy (non-hydrogen) atoms. The van der Waals surface area contributed by atoms with Crippen LogP contribution in [0.2, 0.25) is 0 Å². The Morgan fingerprint density at radius 2 is 1.63 bits per heavy atom. The van der Waals surface area contributed by atoms with Gasteiger partial charge in [-0.05, 0) is 29.8 Å². The molecule has 5 rings (SSSR count). The second kappa shape index (κ2) is 8.21. The van der Waals surface area contributed by atoms with Crippen molar-refractivity contribution in [3.63, 3.8) is 0 Å². The molecule has 0 saturated heterocycles. The number of para-hydroxylation sites is 2. The maximum absolute atomic E-state index is 2.32. The largest absolute Gasteiger partial charge is 0.338 e. The van der Waals surface area contributed by atoms with Crippen LogP contribution in [0.25, 0.3) is 17.0 Å². The van der Waals surface area contributed by atoms with Gasteiger partial charge < -0.3 is 4.90 Å². The molecule has 0 N–H and O–H groups in total. The lowest BCUT2D eigenvalue weighted by Gasteiger charge is -2.12. The van der Waals surface area contributed by atoms with E-state index in [1.165, 1.54) is 37.6 Å². The molecular formula is C27H23N2S+. The topological polar surface area (TPSA) is 7.12 Å². The number of pyridine rings is 1. The fraction of sp³-hybridized carbons (Fsp3) is 0.0741. The molecule has 2 heterocycles. The maximum atomic E-state index is 2.32. The zero-order valence-corrected chi connectivity index (χ0v) is 17.7. The molecule has 0 bridgehead atoms. The van der Waals surface area contributed by atoms with Crippen molar-refractivity contribution in [2.45, 2.75) is 11.4 Å². The summed E-state index contributed by atoms with van der Waals surface area (Å²) in [7, 11) is 2.13.